The maximum absolute atomic E-state index is 12.1. The van der Waals surface area contributed by atoms with E-state index in [2.05, 4.69) is 26.7 Å². The topological polar surface area (TPSA) is 90.7 Å². The molecule has 1 heterocycles. The molecule has 0 aliphatic heterocycles. The molecule has 0 bridgehead atoms. The Kier molecular flexibility index (Phi) is 5.26. The van der Waals surface area contributed by atoms with Crippen LogP contribution in [0.5, 0.6) is 0 Å². The molecule has 118 valence electrons. The first-order valence-electron chi connectivity index (χ1n) is 7.39. The van der Waals surface area contributed by atoms with E-state index in [1.807, 2.05) is 20.8 Å². The Bertz CT molecular complexity index is 732. The summed E-state index contributed by atoms with van der Waals surface area (Å²) in [4.78, 5) is 20.7. The number of aromatic nitrogens is 2. The number of hydrogen-bond acceptors (Lipinski definition) is 5. The second-order valence-corrected chi connectivity index (χ2v) is 5.64. The van der Waals surface area contributed by atoms with E-state index >= 15 is 0 Å². The van der Waals surface area contributed by atoms with Crippen molar-refractivity contribution in [2.45, 2.75) is 20.8 Å². The van der Waals surface area contributed by atoms with Gasteiger partial charge in [-0.05, 0) is 43.2 Å². The second kappa shape index (κ2) is 7.36. The van der Waals surface area contributed by atoms with Crippen molar-refractivity contribution in [3.63, 3.8) is 0 Å². The van der Waals surface area contributed by atoms with Crippen LogP contribution in [0.2, 0.25) is 0 Å². The fraction of sp³-hybridized carbons (Fsp3) is 0.294. The van der Waals surface area contributed by atoms with Crippen LogP contribution in [0.3, 0.4) is 0 Å². The summed E-state index contributed by atoms with van der Waals surface area (Å²) in [5.41, 5.74) is 2.36. The lowest BCUT2D eigenvalue weighted by molar-refractivity contribution is 0.0944. The maximum atomic E-state index is 12.1. The van der Waals surface area contributed by atoms with Crippen molar-refractivity contribution in [3.8, 4) is 6.07 Å². The molecule has 6 nitrogen and oxygen atoms in total. The second-order valence-electron chi connectivity index (χ2n) is 5.64. The molecule has 2 rings (SSSR count). The number of hydrogen-bond donors (Lipinski definition) is 2. The van der Waals surface area contributed by atoms with Crippen molar-refractivity contribution in [2.75, 3.05) is 11.9 Å². The molecular weight excluding hydrogens is 290 g/mol. The van der Waals surface area contributed by atoms with Crippen molar-refractivity contribution in [1.82, 2.24) is 15.3 Å². The van der Waals surface area contributed by atoms with Crippen LogP contribution in [0.4, 0.5) is 11.6 Å². The Morgan fingerprint density at radius 1 is 1.26 bits per heavy atom. The highest BCUT2D eigenvalue weighted by Crippen LogP contribution is 2.14. The van der Waals surface area contributed by atoms with Crippen LogP contribution in [0.1, 0.15) is 35.6 Å². The van der Waals surface area contributed by atoms with Crippen molar-refractivity contribution in [1.29, 1.82) is 5.26 Å². The minimum atomic E-state index is -0.216. The molecular formula is C17H19N5O. The Morgan fingerprint density at radius 2 is 1.96 bits per heavy atom. The van der Waals surface area contributed by atoms with Crippen molar-refractivity contribution >= 4 is 17.5 Å². The molecule has 6 heteroatoms. The lowest BCUT2D eigenvalue weighted by atomic mass is 10.2. The number of nitriles is 1. The fourth-order valence-corrected chi connectivity index (χ4v) is 1.89. The number of aryl methyl sites for hydroxylation is 1. The van der Waals surface area contributed by atoms with E-state index in [0.29, 0.717) is 35.4 Å². The van der Waals surface area contributed by atoms with Crippen LogP contribution in [-0.2, 0) is 0 Å². The number of anilines is 2. The molecule has 1 aromatic heterocycles. The molecule has 0 saturated heterocycles. The van der Waals surface area contributed by atoms with Crippen LogP contribution in [0.15, 0.2) is 30.3 Å². The molecule has 0 radical (unpaired) electrons. The predicted molar refractivity (Wildman–Crippen MR) is 88.4 cm³/mol. The van der Waals surface area contributed by atoms with E-state index in [9.17, 15) is 4.79 Å². The van der Waals surface area contributed by atoms with Gasteiger partial charge in [-0.3, -0.25) is 4.79 Å². The molecule has 1 aromatic carbocycles. The predicted octanol–water partition coefficient (Wildman–Crippen LogP) is 2.79. The summed E-state index contributed by atoms with van der Waals surface area (Å²) in [5, 5.41) is 14.7. The number of carbonyl (C=O) groups excluding carboxylic acids is 1. The lowest BCUT2D eigenvalue weighted by Crippen LogP contribution is -2.28. The Hall–Kier alpha value is -2.94. The van der Waals surface area contributed by atoms with Crippen LogP contribution >= 0.6 is 0 Å². The lowest BCUT2D eigenvalue weighted by Gasteiger charge is -2.10. The highest BCUT2D eigenvalue weighted by Gasteiger charge is 2.11. The van der Waals surface area contributed by atoms with Gasteiger partial charge in [-0.15, -0.1) is 0 Å². The average Bonchev–Trinajstić information content (AvgIpc) is 2.52. The standard InChI is InChI=1S/C17H19N5O/c1-11(2)10-19-16(23)15-8-12(3)20-17(22-15)21-14-6-4-13(9-18)5-7-14/h4-8,11H,10H2,1-3H3,(H,19,23)(H,20,21,22). The third-order valence-electron chi connectivity index (χ3n) is 3.03. The van der Waals surface area contributed by atoms with Gasteiger partial charge in [-0.2, -0.15) is 5.26 Å². The van der Waals surface area contributed by atoms with E-state index in [1.54, 1.807) is 30.3 Å². The largest absolute Gasteiger partial charge is 0.350 e. The minimum Gasteiger partial charge on any atom is -0.350 e. The molecule has 0 atom stereocenters. The number of amides is 1. The van der Waals surface area contributed by atoms with Gasteiger partial charge in [0.2, 0.25) is 5.95 Å². The number of nitrogens with zero attached hydrogens (tertiary/aromatic N) is 3. The zero-order valence-electron chi connectivity index (χ0n) is 13.4. The number of rotatable bonds is 5. The number of nitrogens with one attached hydrogen (secondary N) is 2. The highest BCUT2D eigenvalue weighted by atomic mass is 16.1. The van der Waals surface area contributed by atoms with Crippen LogP contribution in [0, 0.1) is 24.2 Å². The molecule has 2 aromatic rings. The Balaban J connectivity index is 2.16. The van der Waals surface area contributed by atoms with Gasteiger partial charge in [0.1, 0.15) is 5.69 Å². The molecule has 0 saturated carbocycles. The zero-order valence-corrected chi connectivity index (χ0v) is 13.4. The summed E-state index contributed by atoms with van der Waals surface area (Å²) in [6.45, 7) is 6.47. The quantitative estimate of drug-likeness (QED) is 0.886. The summed E-state index contributed by atoms with van der Waals surface area (Å²) in [5.74, 6) is 0.509. The van der Waals surface area contributed by atoms with Gasteiger partial charge >= 0.3 is 0 Å². The molecule has 2 N–H and O–H groups in total. The number of carbonyl (C=O) groups is 1. The zero-order chi connectivity index (χ0) is 16.8. The fourth-order valence-electron chi connectivity index (χ4n) is 1.89. The van der Waals surface area contributed by atoms with Gasteiger partial charge in [0.25, 0.3) is 5.91 Å². The van der Waals surface area contributed by atoms with Crippen LogP contribution in [-0.4, -0.2) is 22.4 Å². The van der Waals surface area contributed by atoms with Gasteiger partial charge in [0.05, 0.1) is 11.6 Å². The molecule has 0 fully saturated rings. The van der Waals surface area contributed by atoms with E-state index in [0.717, 1.165) is 5.69 Å². The monoisotopic (exact) mass is 309 g/mol. The van der Waals surface area contributed by atoms with Gasteiger partial charge < -0.3 is 10.6 Å². The maximum Gasteiger partial charge on any atom is 0.270 e. The third-order valence-corrected chi connectivity index (χ3v) is 3.03. The summed E-state index contributed by atoms with van der Waals surface area (Å²) >= 11 is 0. The third kappa shape index (κ3) is 4.78. The Morgan fingerprint density at radius 3 is 2.57 bits per heavy atom. The van der Waals surface area contributed by atoms with Crippen molar-refractivity contribution in [2.24, 2.45) is 5.92 Å². The van der Waals surface area contributed by atoms with Crippen molar-refractivity contribution < 1.29 is 4.79 Å². The first-order valence-corrected chi connectivity index (χ1v) is 7.39. The molecule has 0 unspecified atom stereocenters. The van der Waals surface area contributed by atoms with Gasteiger partial charge in [-0.1, -0.05) is 13.8 Å². The highest BCUT2D eigenvalue weighted by molar-refractivity contribution is 5.92. The minimum absolute atomic E-state index is 0.216. The SMILES string of the molecule is Cc1cc(C(=O)NCC(C)C)nc(Nc2ccc(C#N)cc2)n1. The van der Waals surface area contributed by atoms with Gasteiger partial charge in [-0.25, -0.2) is 9.97 Å². The summed E-state index contributed by atoms with van der Waals surface area (Å²) < 4.78 is 0. The summed E-state index contributed by atoms with van der Waals surface area (Å²) in [6, 6.07) is 10.7. The Labute approximate surface area is 135 Å². The molecule has 0 aliphatic carbocycles. The smallest absolute Gasteiger partial charge is 0.270 e. The first kappa shape index (κ1) is 16.4. The number of benzene rings is 1. The van der Waals surface area contributed by atoms with E-state index < -0.39 is 0 Å². The normalized spacial score (nSPS) is 10.2. The molecule has 0 spiro atoms. The van der Waals surface area contributed by atoms with Crippen LogP contribution < -0.4 is 10.6 Å². The van der Waals surface area contributed by atoms with Gasteiger partial charge in [0, 0.05) is 17.9 Å². The molecule has 23 heavy (non-hydrogen) atoms. The molecule has 0 aliphatic rings. The summed E-state index contributed by atoms with van der Waals surface area (Å²) in [6.07, 6.45) is 0. The first-order chi connectivity index (χ1) is 11.0. The molecule has 1 amide bonds. The van der Waals surface area contributed by atoms with E-state index in [4.69, 9.17) is 5.26 Å². The summed E-state index contributed by atoms with van der Waals surface area (Å²) in [7, 11) is 0. The van der Waals surface area contributed by atoms with Crippen molar-refractivity contribution in [3.05, 3.63) is 47.3 Å². The van der Waals surface area contributed by atoms with E-state index in [1.165, 1.54) is 0 Å². The van der Waals surface area contributed by atoms with E-state index in [-0.39, 0.29) is 5.91 Å². The average molecular weight is 309 g/mol. The van der Waals surface area contributed by atoms with Gasteiger partial charge in [0.15, 0.2) is 0 Å². The van der Waals surface area contributed by atoms with Crippen LogP contribution in [0.25, 0.3) is 0 Å².